The van der Waals surface area contributed by atoms with E-state index in [9.17, 15) is 4.79 Å². The van der Waals surface area contributed by atoms with E-state index in [0.29, 0.717) is 18.4 Å². The summed E-state index contributed by atoms with van der Waals surface area (Å²) < 4.78 is 0. The van der Waals surface area contributed by atoms with Crippen LogP contribution in [0.3, 0.4) is 0 Å². The first kappa shape index (κ1) is 13.1. The fourth-order valence-electron chi connectivity index (χ4n) is 2.11. The second-order valence-corrected chi connectivity index (χ2v) is 6.10. The van der Waals surface area contributed by atoms with E-state index in [1.54, 1.807) is 11.3 Å². The number of carbonyl (C=O) groups is 1. The van der Waals surface area contributed by atoms with Crippen LogP contribution in [0.1, 0.15) is 31.2 Å². The van der Waals surface area contributed by atoms with Gasteiger partial charge in [-0.25, -0.2) is 0 Å². The number of amides is 1. The molecule has 0 bridgehead atoms. The maximum absolute atomic E-state index is 12.3. The molecule has 94 valence electrons. The summed E-state index contributed by atoms with van der Waals surface area (Å²) in [5.41, 5.74) is 1.16. The van der Waals surface area contributed by atoms with Crippen molar-refractivity contribution < 1.29 is 4.79 Å². The fraction of sp³-hybridized carbons (Fsp3) is 0.615. The number of rotatable bonds is 6. The molecule has 2 rings (SSSR count). The van der Waals surface area contributed by atoms with E-state index in [0.717, 1.165) is 23.9 Å². The third-order valence-corrected chi connectivity index (χ3v) is 4.60. The molecular formula is C13H18BrNOS. The van der Waals surface area contributed by atoms with Gasteiger partial charge in [0, 0.05) is 17.9 Å². The van der Waals surface area contributed by atoms with Gasteiger partial charge in [-0.05, 0) is 48.1 Å². The van der Waals surface area contributed by atoms with Crippen LogP contribution in [0.25, 0.3) is 0 Å². The lowest BCUT2D eigenvalue weighted by Gasteiger charge is -2.37. The highest BCUT2D eigenvalue weighted by molar-refractivity contribution is 9.09. The van der Waals surface area contributed by atoms with Gasteiger partial charge in [0.15, 0.2) is 0 Å². The predicted octanol–water partition coefficient (Wildman–Crippen LogP) is 3.46. The molecule has 2 nitrogen and oxygen atoms in total. The van der Waals surface area contributed by atoms with Crippen molar-refractivity contribution in [2.75, 3.05) is 11.9 Å². The molecule has 1 aromatic rings. The molecule has 4 heteroatoms. The summed E-state index contributed by atoms with van der Waals surface area (Å²) in [7, 11) is 0. The molecule has 1 aromatic heterocycles. The smallest absolute Gasteiger partial charge is 0.227 e. The molecule has 1 amide bonds. The zero-order chi connectivity index (χ0) is 12.1. The summed E-state index contributed by atoms with van der Waals surface area (Å²) in [6.07, 6.45) is 5.28. The molecule has 1 heterocycles. The highest BCUT2D eigenvalue weighted by Gasteiger charge is 2.28. The second kappa shape index (κ2) is 6.55. The normalized spacial score (nSPS) is 15.6. The minimum atomic E-state index is 0.300. The van der Waals surface area contributed by atoms with Gasteiger partial charge in [-0.15, -0.1) is 0 Å². The summed E-state index contributed by atoms with van der Waals surface area (Å²) in [5.74, 6) is 0.300. The van der Waals surface area contributed by atoms with Gasteiger partial charge in [0.25, 0.3) is 0 Å². The lowest BCUT2D eigenvalue weighted by Crippen LogP contribution is -2.45. The quantitative estimate of drug-likeness (QED) is 0.736. The zero-order valence-corrected chi connectivity index (χ0v) is 12.3. The maximum Gasteiger partial charge on any atom is 0.227 e. The molecule has 0 atom stereocenters. The zero-order valence-electron chi connectivity index (χ0n) is 9.90. The van der Waals surface area contributed by atoms with Gasteiger partial charge in [-0.2, -0.15) is 11.3 Å². The highest BCUT2D eigenvalue weighted by Crippen LogP contribution is 2.25. The number of halogens is 1. The number of nitrogens with zero attached hydrogens (tertiary/aromatic N) is 1. The Morgan fingerprint density at radius 3 is 2.88 bits per heavy atom. The van der Waals surface area contributed by atoms with E-state index >= 15 is 0 Å². The molecule has 0 aliphatic heterocycles. The van der Waals surface area contributed by atoms with Crippen LogP contribution in [-0.4, -0.2) is 28.7 Å². The first-order chi connectivity index (χ1) is 8.31. The largest absolute Gasteiger partial charge is 0.339 e. The Morgan fingerprint density at radius 2 is 2.35 bits per heavy atom. The number of alkyl halides is 1. The van der Waals surface area contributed by atoms with Gasteiger partial charge in [0.1, 0.15) is 0 Å². The van der Waals surface area contributed by atoms with Gasteiger partial charge in [0.05, 0.1) is 6.42 Å². The molecule has 1 fully saturated rings. The van der Waals surface area contributed by atoms with Crippen LogP contribution in [0.15, 0.2) is 16.8 Å². The van der Waals surface area contributed by atoms with Crippen molar-refractivity contribution in [3.63, 3.8) is 0 Å². The van der Waals surface area contributed by atoms with Crippen molar-refractivity contribution in [3.8, 4) is 0 Å². The Bertz CT molecular complexity index is 348. The lowest BCUT2D eigenvalue weighted by molar-refractivity contribution is -0.134. The third-order valence-electron chi connectivity index (χ3n) is 3.30. The van der Waals surface area contributed by atoms with E-state index in [1.807, 2.05) is 11.4 Å². The molecule has 1 aliphatic rings. The summed E-state index contributed by atoms with van der Waals surface area (Å²) in [5, 5.41) is 5.08. The Balaban J connectivity index is 1.91. The Kier molecular flexibility index (Phi) is 5.04. The lowest BCUT2D eigenvalue weighted by atomic mass is 9.91. The summed E-state index contributed by atoms with van der Waals surface area (Å²) in [6, 6.07) is 2.56. The molecule has 0 aromatic carbocycles. The van der Waals surface area contributed by atoms with Crippen LogP contribution in [-0.2, 0) is 11.2 Å². The first-order valence-electron chi connectivity index (χ1n) is 6.18. The van der Waals surface area contributed by atoms with E-state index in [2.05, 4.69) is 26.2 Å². The Morgan fingerprint density at radius 1 is 1.53 bits per heavy atom. The Labute approximate surface area is 115 Å². The van der Waals surface area contributed by atoms with Crippen LogP contribution in [0, 0.1) is 0 Å². The van der Waals surface area contributed by atoms with E-state index in [-0.39, 0.29) is 0 Å². The van der Waals surface area contributed by atoms with Crippen LogP contribution >= 0.6 is 27.3 Å². The van der Waals surface area contributed by atoms with E-state index < -0.39 is 0 Å². The van der Waals surface area contributed by atoms with Gasteiger partial charge in [-0.1, -0.05) is 15.9 Å². The molecular weight excluding hydrogens is 298 g/mol. The summed E-state index contributed by atoms with van der Waals surface area (Å²) in [6.45, 7) is 0.902. The van der Waals surface area contributed by atoms with Gasteiger partial charge in [-0.3, -0.25) is 4.79 Å². The molecule has 1 saturated carbocycles. The van der Waals surface area contributed by atoms with Crippen molar-refractivity contribution in [2.24, 2.45) is 0 Å². The number of hydrogen-bond acceptors (Lipinski definition) is 2. The van der Waals surface area contributed by atoms with Crippen molar-refractivity contribution in [2.45, 2.75) is 38.1 Å². The third kappa shape index (κ3) is 3.55. The minimum absolute atomic E-state index is 0.300. The molecule has 17 heavy (non-hydrogen) atoms. The van der Waals surface area contributed by atoms with E-state index in [1.165, 1.54) is 19.3 Å². The minimum Gasteiger partial charge on any atom is -0.339 e. The highest BCUT2D eigenvalue weighted by atomic mass is 79.9. The SMILES string of the molecule is O=C(Cc1ccsc1)N(CCCBr)C1CCC1. The van der Waals surface area contributed by atoms with Crippen molar-refractivity contribution >= 4 is 33.2 Å². The molecule has 0 N–H and O–H groups in total. The van der Waals surface area contributed by atoms with Crippen molar-refractivity contribution in [3.05, 3.63) is 22.4 Å². The second-order valence-electron chi connectivity index (χ2n) is 4.52. The number of hydrogen-bond donors (Lipinski definition) is 0. The van der Waals surface area contributed by atoms with Crippen LogP contribution in [0.4, 0.5) is 0 Å². The van der Waals surface area contributed by atoms with Crippen LogP contribution in [0.5, 0.6) is 0 Å². The van der Waals surface area contributed by atoms with Crippen molar-refractivity contribution in [1.29, 1.82) is 0 Å². The average Bonchev–Trinajstić information content (AvgIpc) is 2.73. The summed E-state index contributed by atoms with van der Waals surface area (Å²) in [4.78, 5) is 14.4. The predicted molar refractivity (Wildman–Crippen MR) is 75.8 cm³/mol. The molecule has 0 saturated heterocycles. The number of thiophene rings is 1. The molecule has 0 radical (unpaired) electrons. The van der Waals surface area contributed by atoms with Gasteiger partial charge < -0.3 is 4.90 Å². The number of carbonyl (C=O) groups excluding carboxylic acids is 1. The molecule has 1 aliphatic carbocycles. The van der Waals surface area contributed by atoms with Crippen molar-refractivity contribution in [1.82, 2.24) is 4.90 Å². The molecule has 0 unspecified atom stereocenters. The Hall–Kier alpha value is -0.350. The first-order valence-corrected chi connectivity index (χ1v) is 8.24. The monoisotopic (exact) mass is 315 g/mol. The average molecular weight is 316 g/mol. The summed E-state index contributed by atoms with van der Waals surface area (Å²) >= 11 is 5.10. The van der Waals surface area contributed by atoms with Gasteiger partial charge >= 0.3 is 0 Å². The van der Waals surface area contributed by atoms with Crippen LogP contribution < -0.4 is 0 Å². The van der Waals surface area contributed by atoms with Crippen LogP contribution in [0.2, 0.25) is 0 Å². The van der Waals surface area contributed by atoms with Gasteiger partial charge in [0.2, 0.25) is 5.91 Å². The van der Waals surface area contributed by atoms with E-state index in [4.69, 9.17) is 0 Å². The topological polar surface area (TPSA) is 20.3 Å². The standard InChI is InChI=1S/C13H18BrNOS/c14-6-2-7-15(12-3-1-4-12)13(16)9-11-5-8-17-10-11/h5,8,10,12H,1-4,6-7,9H2. The fourth-order valence-corrected chi connectivity index (χ4v) is 3.03. The molecule has 0 spiro atoms. The maximum atomic E-state index is 12.3.